The van der Waals surface area contributed by atoms with E-state index in [9.17, 15) is 22.8 Å². The van der Waals surface area contributed by atoms with E-state index in [1.54, 1.807) is 29.2 Å². The average molecular weight is 408 g/mol. The molecule has 0 unspecified atom stereocenters. The summed E-state index contributed by atoms with van der Waals surface area (Å²) >= 11 is 0. The standard InChI is InChI=1S/C20H19F3N2O4/c21-20(22,23)15-2-1-3-16(12-15)24-18(26)13-29-17-6-4-14(5-7-17)19(27)25-8-10-28-11-9-25/h1-7,12H,8-11,13H2,(H,24,26). The molecule has 9 heteroatoms. The summed E-state index contributed by atoms with van der Waals surface area (Å²) in [6.45, 7) is 1.70. The van der Waals surface area contributed by atoms with Crippen LogP contribution in [0.4, 0.5) is 18.9 Å². The quantitative estimate of drug-likeness (QED) is 0.825. The molecule has 0 saturated carbocycles. The van der Waals surface area contributed by atoms with Gasteiger partial charge in [0.1, 0.15) is 5.75 Å². The first-order chi connectivity index (χ1) is 13.8. The third-order valence-electron chi connectivity index (χ3n) is 4.24. The molecule has 1 heterocycles. The second kappa shape index (κ2) is 8.95. The van der Waals surface area contributed by atoms with Crippen molar-refractivity contribution in [3.05, 3.63) is 59.7 Å². The minimum absolute atomic E-state index is 0.0277. The number of carbonyl (C=O) groups excluding carboxylic acids is 2. The Labute approximate surface area is 165 Å². The predicted molar refractivity (Wildman–Crippen MR) is 98.7 cm³/mol. The zero-order valence-electron chi connectivity index (χ0n) is 15.4. The number of benzene rings is 2. The summed E-state index contributed by atoms with van der Waals surface area (Å²) in [5.41, 5.74) is -0.329. The topological polar surface area (TPSA) is 67.9 Å². The number of nitrogens with one attached hydrogen (secondary N) is 1. The molecule has 0 radical (unpaired) electrons. The van der Waals surface area contributed by atoms with Gasteiger partial charge in [-0.3, -0.25) is 9.59 Å². The minimum Gasteiger partial charge on any atom is -0.484 e. The number of carbonyl (C=O) groups is 2. The summed E-state index contributed by atoms with van der Waals surface area (Å²) in [6.07, 6.45) is -4.49. The first kappa shape index (κ1) is 20.7. The smallest absolute Gasteiger partial charge is 0.416 e. The van der Waals surface area contributed by atoms with E-state index in [1.165, 1.54) is 12.1 Å². The van der Waals surface area contributed by atoms with Gasteiger partial charge in [0, 0.05) is 24.3 Å². The van der Waals surface area contributed by atoms with Gasteiger partial charge in [-0.2, -0.15) is 13.2 Å². The molecule has 3 rings (SSSR count). The van der Waals surface area contributed by atoms with Crippen LogP contribution in [0.2, 0.25) is 0 Å². The van der Waals surface area contributed by atoms with Gasteiger partial charge in [0.15, 0.2) is 6.61 Å². The molecule has 154 valence electrons. The Morgan fingerprint density at radius 3 is 2.41 bits per heavy atom. The van der Waals surface area contributed by atoms with Gasteiger partial charge in [-0.05, 0) is 42.5 Å². The molecule has 0 aromatic heterocycles. The molecule has 0 bridgehead atoms. The number of anilines is 1. The summed E-state index contributed by atoms with van der Waals surface area (Å²) in [6, 6.07) is 10.7. The molecule has 0 atom stereocenters. The number of nitrogens with zero attached hydrogens (tertiary/aromatic N) is 1. The molecular weight excluding hydrogens is 389 g/mol. The highest BCUT2D eigenvalue weighted by molar-refractivity contribution is 5.94. The van der Waals surface area contributed by atoms with E-state index < -0.39 is 17.6 Å². The second-order valence-electron chi connectivity index (χ2n) is 6.34. The summed E-state index contributed by atoms with van der Waals surface area (Å²) in [5.74, 6) is -0.345. The highest BCUT2D eigenvalue weighted by Gasteiger charge is 2.30. The lowest BCUT2D eigenvalue weighted by molar-refractivity contribution is -0.137. The number of amides is 2. The van der Waals surface area contributed by atoms with Crippen LogP contribution in [0, 0.1) is 0 Å². The van der Waals surface area contributed by atoms with Crippen molar-refractivity contribution in [3.8, 4) is 5.75 Å². The molecule has 1 N–H and O–H groups in total. The molecular formula is C20H19F3N2O4. The number of morpholine rings is 1. The Bertz CT molecular complexity index is 863. The van der Waals surface area contributed by atoms with Crippen LogP contribution in [0.25, 0.3) is 0 Å². The monoisotopic (exact) mass is 408 g/mol. The van der Waals surface area contributed by atoms with Gasteiger partial charge >= 0.3 is 6.18 Å². The Balaban J connectivity index is 1.52. The normalized spacial score (nSPS) is 14.4. The average Bonchev–Trinajstić information content (AvgIpc) is 2.72. The van der Waals surface area contributed by atoms with Crippen LogP contribution in [0.15, 0.2) is 48.5 Å². The van der Waals surface area contributed by atoms with Crippen molar-refractivity contribution < 1.29 is 32.2 Å². The van der Waals surface area contributed by atoms with E-state index in [4.69, 9.17) is 9.47 Å². The fourth-order valence-corrected chi connectivity index (χ4v) is 2.76. The van der Waals surface area contributed by atoms with Crippen molar-refractivity contribution in [2.45, 2.75) is 6.18 Å². The minimum atomic E-state index is -4.49. The third-order valence-corrected chi connectivity index (χ3v) is 4.24. The first-order valence-electron chi connectivity index (χ1n) is 8.90. The number of hydrogen-bond donors (Lipinski definition) is 1. The third kappa shape index (κ3) is 5.71. The lowest BCUT2D eigenvalue weighted by Crippen LogP contribution is -2.40. The molecule has 2 aromatic rings. The lowest BCUT2D eigenvalue weighted by Gasteiger charge is -2.26. The highest BCUT2D eigenvalue weighted by Crippen LogP contribution is 2.30. The summed E-state index contributed by atoms with van der Waals surface area (Å²) in [4.78, 5) is 26.0. The molecule has 1 aliphatic rings. The largest absolute Gasteiger partial charge is 0.484 e. The van der Waals surface area contributed by atoms with E-state index in [1.807, 2.05) is 0 Å². The molecule has 2 aromatic carbocycles. The first-order valence-corrected chi connectivity index (χ1v) is 8.90. The van der Waals surface area contributed by atoms with Crippen LogP contribution >= 0.6 is 0 Å². The van der Waals surface area contributed by atoms with Crippen LogP contribution in [0.3, 0.4) is 0 Å². The Morgan fingerprint density at radius 2 is 1.76 bits per heavy atom. The number of ether oxygens (including phenoxy) is 2. The lowest BCUT2D eigenvalue weighted by atomic mass is 10.2. The van der Waals surface area contributed by atoms with Crippen LogP contribution in [-0.4, -0.2) is 49.6 Å². The predicted octanol–water partition coefficient (Wildman–Crippen LogP) is 3.20. The van der Waals surface area contributed by atoms with Gasteiger partial charge in [0.25, 0.3) is 11.8 Å². The summed E-state index contributed by atoms with van der Waals surface area (Å²) in [7, 11) is 0. The summed E-state index contributed by atoms with van der Waals surface area (Å²) in [5, 5.41) is 2.36. The molecule has 29 heavy (non-hydrogen) atoms. The Kier molecular flexibility index (Phi) is 6.38. The van der Waals surface area contributed by atoms with Gasteiger partial charge < -0.3 is 19.7 Å². The fraction of sp³-hybridized carbons (Fsp3) is 0.300. The highest BCUT2D eigenvalue weighted by atomic mass is 19.4. The van der Waals surface area contributed by atoms with Crippen LogP contribution in [0.5, 0.6) is 5.75 Å². The zero-order valence-corrected chi connectivity index (χ0v) is 15.4. The van der Waals surface area contributed by atoms with Crippen molar-refractivity contribution in [1.82, 2.24) is 4.90 Å². The number of alkyl halides is 3. The van der Waals surface area contributed by atoms with Gasteiger partial charge in [0.2, 0.25) is 0 Å². The van der Waals surface area contributed by atoms with Gasteiger partial charge in [-0.1, -0.05) is 6.07 Å². The maximum absolute atomic E-state index is 12.7. The molecule has 6 nitrogen and oxygen atoms in total. The van der Waals surface area contributed by atoms with Crippen LogP contribution in [0.1, 0.15) is 15.9 Å². The van der Waals surface area contributed by atoms with Crippen LogP contribution < -0.4 is 10.1 Å². The van der Waals surface area contributed by atoms with E-state index in [2.05, 4.69) is 5.32 Å². The molecule has 1 fully saturated rings. The SMILES string of the molecule is O=C(COc1ccc(C(=O)N2CCOCC2)cc1)Nc1cccc(C(F)(F)F)c1. The molecule has 2 amide bonds. The number of halogens is 3. The van der Waals surface area contributed by atoms with Crippen LogP contribution in [-0.2, 0) is 15.7 Å². The van der Waals surface area contributed by atoms with Crippen molar-refractivity contribution in [3.63, 3.8) is 0 Å². The Morgan fingerprint density at radius 1 is 1.07 bits per heavy atom. The van der Waals surface area contributed by atoms with Gasteiger partial charge in [-0.25, -0.2) is 0 Å². The van der Waals surface area contributed by atoms with E-state index in [0.29, 0.717) is 37.6 Å². The van der Waals surface area contributed by atoms with E-state index in [0.717, 1.165) is 12.1 Å². The second-order valence-corrected chi connectivity index (χ2v) is 6.34. The van der Waals surface area contributed by atoms with Gasteiger partial charge in [0.05, 0.1) is 18.8 Å². The number of rotatable bonds is 5. The maximum Gasteiger partial charge on any atom is 0.416 e. The number of hydrogen-bond acceptors (Lipinski definition) is 4. The van der Waals surface area contributed by atoms with Crippen molar-refractivity contribution in [1.29, 1.82) is 0 Å². The van der Waals surface area contributed by atoms with E-state index in [-0.39, 0.29) is 18.2 Å². The van der Waals surface area contributed by atoms with Gasteiger partial charge in [-0.15, -0.1) is 0 Å². The molecule has 1 saturated heterocycles. The Hall–Kier alpha value is -3.07. The van der Waals surface area contributed by atoms with E-state index >= 15 is 0 Å². The van der Waals surface area contributed by atoms with Crippen molar-refractivity contribution in [2.75, 3.05) is 38.2 Å². The molecule has 1 aliphatic heterocycles. The molecule has 0 aliphatic carbocycles. The zero-order chi connectivity index (χ0) is 20.9. The molecule has 0 spiro atoms. The fourth-order valence-electron chi connectivity index (χ4n) is 2.76. The van der Waals surface area contributed by atoms with Crippen molar-refractivity contribution in [2.24, 2.45) is 0 Å². The van der Waals surface area contributed by atoms with Crippen molar-refractivity contribution >= 4 is 17.5 Å². The maximum atomic E-state index is 12.7. The summed E-state index contributed by atoms with van der Waals surface area (Å²) < 4.78 is 48.7.